The van der Waals surface area contributed by atoms with E-state index in [1.807, 2.05) is 0 Å². The maximum atomic E-state index is 11.5. The van der Waals surface area contributed by atoms with Crippen LogP contribution in [0.2, 0.25) is 0 Å². The number of rotatable bonds is 6. The predicted molar refractivity (Wildman–Crippen MR) is 64.3 cm³/mol. The van der Waals surface area contributed by atoms with Gasteiger partial charge in [0, 0.05) is 0 Å². The third kappa shape index (κ3) is 3.80. The van der Waals surface area contributed by atoms with Crippen LogP contribution in [-0.4, -0.2) is 57.3 Å². The molecule has 1 fully saturated rings. The first-order valence-electron chi connectivity index (χ1n) is 5.93. The van der Waals surface area contributed by atoms with Crippen molar-refractivity contribution in [3.63, 3.8) is 0 Å². The van der Waals surface area contributed by atoms with Gasteiger partial charge < -0.3 is 30.1 Å². The summed E-state index contributed by atoms with van der Waals surface area (Å²) in [5.41, 5.74) is 0. The van der Waals surface area contributed by atoms with E-state index in [0.717, 1.165) is 4.90 Å². The van der Waals surface area contributed by atoms with Gasteiger partial charge in [0.05, 0.1) is 6.26 Å². The van der Waals surface area contributed by atoms with Crippen LogP contribution < -0.4 is 5.32 Å². The Labute approximate surface area is 111 Å². The fourth-order valence-corrected chi connectivity index (χ4v) is 1.60. The first-order chi connectivity index (χ1) is 8.88. The third-order valence-electron chi connectivity index (χ3n) is 2.54. The number of aliphatic hydroxyl groups excluding tert-OH is 3. The maximum absolute atomic E-state index is 11.5. The van der Waals surface area contributed by atoms with Crippen LogP contribution in [-0.2, 0) is 9.47 Å². The van der Waals surface area contributed by atoms with Gasteiger partial charge in [-0.15, -0.1) is 0 Å². The van der Waals surface area contributed by atoms with E-state index in [0.29, 0.717) is 0 Å². The highest BCUT2D eigenvalue weighted by molar-refractivity contribution is 5.77. The number of hydrogen-bond acceptors (Lipinski definition) is 6. The van der Waals surface area contributed by atoms with Crippen LogP contribution in [0.3, 0.4) is 0 Å². The van der Waals surface area contributed by atoms with Crippen LogP contribution in [0.5, 0.6) is 0 Å². The van der Waals surface area contributed by atoms with Gasteiger partial charge in [-0.1, -0.05) is 6.08 Å². The number of nitrogens with one attached hydrogen (secondary N) is 1. The number of ether oxygens (including phenoxy) is 2. The van der Waals surface area contributed by atoms with Crippen LogP contribution >= 0.6 is 0 Å². The van der Waals surface area contributed by atoms with E-state index in [9.17, 15) is 20.1 Å². The topological polar surface area (TPSA) is 111 Å². The molecular formula is C11H20N2O6. The summed E-state index contributed by atoms with van der Waals surface area (Å²) in [6.45, 7) is 4.70. The summed E-state index contributed by atoms with van der Waals surface area (Å²) in [5.74, 6) is 0. The zero-order valence-electron chi connectivity index (χ0n) is 11.1. The van der Waals surface area contributed by atoms with Crippen LogP contribution in [0.15, 0.2) is 12.3 Å². The van der Waals surface area contributed by atoms with Crippen molar-refractivity contribution in [2.75, 3.05) is 0 Å². The molecule has 0 bridgehead atoms. The van der Waals surface area contributed by atoms with Gasteiger partial charge in [0.15, 0.2) is 12.5 Å². The molecule has 8 heteroatoms. The van der Waals surface area contributed by atoms with E-state index in [1.165, 1.54) is 20.1 Å². The Morgan fingerprint density at radius 1 is 1.42 bits per heavy atom. The molecule has 2 amide bonds. The molecule has 1 aliphatic heterocycles. The van der Waals surface area contributed by atoms with E-state index in [1.54, 1.807) is 13.0 Å². The Bertz CT molecular complexity index is 335. The molecule has 4 N–H and O–H groups in total. The van der Waals surface area contributed by atoms with Crippen molar-refractivity contribution < 1.29 is 29.6 Å². The summed E-state index contributed by atoms with van der Waals surface area (Å²) in [6, 6.07) is -0.664. The first-order valence-corrected chi connectivity index (χ1v) is 5.93. The van der Waals surface area contributed by atoms with Gasteiger partial charge in [-0.2, -0.15) is 0 Å². The van der Waals surface area contributed by atoms with E-state index >= 15 is 0 Å². The average molecular weight is 276 g/mol. The van der Waals surface area contributed by atoms with E-state index in [4.69, 9.17) is 9.47 Å². The zero-order chi connectivity index (χ0) is 14.6. The van der Waals surface area contributed by atoms with Gasteiger partial charge in [-0.25, -0.2) is 4.79 Å². The summed E-state index contributed by atoms with van der Waals surface area (Å²) in [5, 5.41) is 30.6. The fourth-order valence-electron chi connectivity index (χ4n) is 1.60. The molecule has 0 saturated carbocycles. The molecule has 5 unspecified atom stereocenters. The fraction of sp³-hybridized carbons (Fsp3) is 0.727. The molecule has 1 heterocycles. The molecule has 1 aliphatic rings. The summed E-state index contributed by atoms with van der Waals surface area (Å²) < 4.78 is 10.5. The van der Waals surface area contributed by atoms with Crippen LogP contribution in [0, 0.1) is 0 Å². The van der Waals surface area contributed by atoms with Crippen LogP contribution in [0.4, 0.5) is 4.79 Å². The molecule has 5 atom stereocenters. The highest BCUT2D eigenvalue weighted by Crippen LogP contribution is 2.17. The van der Waals surface area contributed by atoms with Gasteiger partial charge in [0.25, 0.3) is 0 Å². The lowest BCUT2D eigenvalue weighted by atomic mass is 10.4. The molecular weight excluding hydrogens is 256 g/mol. The second-order valence-corrected chi connectivity index (χ2v) is 4.17. The Hall–Kier alpha value is -1.35. The van der Waals surface area contributed by atoms with Gasteiger partial charge in [-0.05, 0) is 20.8 Å². The van der Waals surface area contributed by atoms with Crippen molar-refractivity contribution in [1.82, 2.24) is 10.2 Å². The first kappa shape index (κ1) is 15.7. The van der Waals surface area contributed by atoms with Crippen molar-refractivity contribution in [1.29, 1.82) is 0 Å². The normalized spacial score (nSPS) is 28.3. The highest BCUT2D eigenvalue weighted by Gasteiger charge is 2.41. The number of carbonyl (C=O) groups excluding carboxylic acids is 1. The number of urea groups is 1. The lowest BCUT2D eigenvalue weighted by Gasteiger charge is -2.30. The Balaban J connectivity index is 2.66. The minimum absolute atomic E-state index is 0.664. The number of hydrogen-bond donors (Lipinski definition) is 4. The zero-order valence-corrected chi connectivity index (χ0v) is 11.1. The van der Waals surface area contributed by atoms with Gasteiger partial charge >= 0.3 is 6.03 Å². The van der Waals surface area contributed by atoms with Gasteiger partial charge in [0.1, 0.15) is 12.3 Å². The predicted octanol–water partition coefficient (Wildman–Crippen LogP) is -0.732. The molecule has 19 heavy (non-hydrogen) atoms. The largest absolute Gasteiger partial charge is 0.470 e. The summed E-state index contributed by atoms with van der Waals surface area (Å²) in [7, 11) is 0. The molecule has 0 aromatic heterocycles. The highest BCUT2D eigenvalue weighted by atomic mass is 16.7. The van der Waals surface area contributed by atoms with Crippen molar-refractivity contribution >= 4 is 6.03 Å². The molecule has 1 saturated heterocycles. The van der Waals surface area contributed by atoms with E-state index in [-0.39, 0.29) is 0 Å². The lowest BCUT2D eigenvalue weighted by molar-refractivity contribution is -0.222. The van der Waals surface area contributed by atoms with Crippen LogP contribution in [0.25, 0.3) is 0 Å². The minimum Gasteiger partial charge on any atom is -0.470 e. The molecule has 0 aromatic rings. The van der Waals surface area contributed by atoms with Crippen molar-refractivity contribution in [3.8, 4) is 0 Å². The van der Waals surface area contributed by atoms with E-state index < -0.39 is 37.1 Å². The molecule has 110 valence electrons. The second kappa shape index (κ2) is 6.71. The minimum atomic E-state index is -1.42. The van der Waals surface area contributed by atoms with Crippen molar-refractivity contribution in [3.05, 3.63) is 12.3 Å². The Kier molecular flexibility index (Phi) is 5.55. The standard InChI is InChI=1S/C11H20N2O6/c1-4-5-18-10(6(2)14)19-7(3)13-9(16)8(15)12-11(13)17/h4-10,14-16H,1-3H3,(H,12,17). The van der Waals surface area contributed by atoms with Crippen LogP contribution in [0.1, 0.15) is 20.8 Å². The summed E-state index contributed by atoms with van der Waals surface area (Å²) >= 11 is 0. The van der Waals surface area contributed by atoms with Gasteiger partial charge in [-0.3, -0.25) is 4.90 Å². The number of nitrogens with zero attached hydrogens (tertiary/aromatic N) is 1. The smallest absolute Gasteiger partial charge is 0.323 e. The second-order valence-electron chi connectivity index (χ2n) is 4.17. The number of aliphatic hydroxyl groups is 3. The molecule has 8 nitrogen and oxygen atoms in total. The lowest BCUT2D eigenvalue weighted by Crippen LogP contribution is -2.46. The Morgan fingerprint density at radius 3 is 2.47 bits per heavy atom. The monoisotopic (exact) mass is 276 g/mol. The van der Waals surface area contributed by atoms with Crippen molar-refractivity contribution in [2.45, 2.75) is 51.8 Å². The number of allylic oxidation sites excluding steroid dienone is 1. The van der Waals surface area contributed by atoms with Crippen molar-refractivity contribution in [2.24, 2.45) is 0 Å². The summed E-state index contributed by atoms with van der Waals surface area (Å²) in [4.78, 5) is 12.4. The molecule has 0 radical (unpaired) electrons. The quantitative estimate of drug-likeness (QED) is 0.376. The number of carbonyl (C=O) groups is 1. The Morgan fingerprint density at radius 2 is 2.05 bits per heavy atom. The van der Waals surface area contributed by atoms with Gasteiger partial charge in [0.2, 0.25) is 6.29 Å². The molecule has 0 aromatic carbocycles. The third-order valence-corrected chi connectivity index (χ3v) is 2.54. The SMILES string of the molecule is CC=COC(OC(C)N1C(=O)NC(O)C1O)C(C)O. The molecule has 1 rings (SSSR count). The number of amides is 2. The average Bonchev–Trinajstić information content (AvgIpc) is 2.58. The summed E-state index contributed by atoms with van der Waals surface area (Å²) in [6.07, 6.45) is -2.66. The van der Waals surface area contributed by atoms with E-state index in [2.05, 4.69) is 5.32 Å². The molecule has 0 aliphatic carbocycles. The molecule has 0 spiro atoms. The maximum Gasteiger partial charge on any atom is 0.323 e.